The van der Waals surface area contributed by atoms with Crippen LogP contribution in [0.15, 0.2) is 37.4 Å². The third-order valence-corrected chi connectivity index (χ3v) is 4.32. The molecular weight excluding hydrogens is 288 g/mol. The van der Waals surface area contributed by atoms with E-state index in [9.17, 15) is 0 Å². The van der Waals surface area contributed by atoms with Crippen LogP contribution in [0.2, 0.25) is 0 Å². The van der Waals surface area contributed by atoms with Crippen LogP contribution in [-0.4, -0.2) is 49.4 Å². The maximum Gasteiger partial charge on any atom is 0.0825 e. The fraction of sp³-hybridized carbons (Fsp3) is 0.526. The number of allylic oxidation sites excluding steroid dienone is 2. The van der Waals surface area contributed by atoms with Crippen molar-refractivity contribution in [3.05, 3.63) is 54.4 Å². The van der Waals surface area contributed by atoms with Crippen LogP contribution in [-0.2, 0) is 16.0 Å². The smallest absolute Gasteiger partial charge is 0.0825 e. The molecular formula is C19H28N2O2. The first-order valence-electron chi connectivity index (χ1n) is 8.20. The van der Waals surface area contributed by atoms with Crippen molar-refractivity contribution in [1.82, 2.24) is 9.88 Å². The van der Waals surface area contributed by atoms with Gasteiger partial charge in [-0.2, -0.15) is 0 Å². The first-order valence-corrected chi connectivity index (χ1v) is 8.20. The lowest BCUT2D eigenvalue weighted by molar-refractivity contribution is -0.0340. The lowest BCUT2D eigenvalue weighted by atomic mass is 9.95. The summed E-state index contributed by atoms with van der Waals surface area (Å²) in [5.41, 5.74) is 3.70. The van der Waals surface area contributed by atoms with Gasteiger partial charge in [-0.05, 0) is 25.0 Å². The monoisotopic (exact) mass is 316 g/mol. The molecule has 0 aromatic carbocycles. The number of aromatic nitrogens is 1. The summed E-state index contributed by atoms with van der Waals surface area (Å²) in [6.07, 6.45) is 4.81. The maximum atomic E-state index is 5.52. The normalized spacial score (nSPS) is 21.2. The van der Waals surface area contributed by atoms with E-state index in [2.05, 4.69) is 37.1 Å². The van der Waals surface area contributed by atoms with E-state index in [1.807, 2.05) is 0 Å². The molecule has 1 atom stereocenters. The molecule has 4 heteroatoms. The predicted molar refractivity (Wildman–Crippen MR) is 93.6 cm³/mol. The van der Waals surface area contributed by atoms with Crippen molar-refractivity contribution in [2.24, 2.45) is 0 Å². The van der Waals surface area contributed by atoms with Crippen LogP contribution in [0.1, 0.15) is 29.3 Å². The minimum atomic E-state index is 0.406. The molecule has 0 spiro atoms. The number of pyridine rings is 1. The van der Waals surface area contributed by atoms with E-state index in [1.165, 1.54) is 11.3 Å². The second-order valence-electron chi connectivity index (χ2n) is 6.07. The highest BCUT2D eigenvalue weighted by atomic mass is 16.5. The molecule has 0 bridgehead atoms. The summed E-state index contributed by atoms with van der Waals surface area (Å²) in [6.45, 7) is 13.5. The number of hydrogen-bond acceptors (Lipinski definition) is 4. The van der Waals surface area contributed by atoms with Crippen LogP contribution in [0, 0.1) is 6.92 Å². The summed E-state index contributed by atoms with van der Waals surface area (Å²) in [7, 11) is 1.79. The van der Waals surface area contributed by atoms with Gasteiger partial charge >= 0.3 is 0 Å². The van der Waals surface area contributed by atoms with Gasteiger partial charge in [0.15, 0.2) is 0 Å². The topological polar surface area (TPSA) is 34.6 Å². The second kappa shape index (κ2) is 8.96. The molecule has 23 heavy (non-hydrogen) atoms. The lowest BCUT2D eigenvalue weighted by Crippen LogP contribution is -2.51. The fourth-order valence-electron chi connectivity index (χ4n) is 2.91. The number of aryl methyl sites for hydroxylation is 1. The lowest BCUT2D eigenvalue weighted by Gasteiger charge is -2.38. The van der Waals surface area contributed by atoms with Crippen molar-refractivity contribution in [2.75, 3.05) is 33.4 Å². The Labute approximate surface area is 139 Å². The molecule has 1 unspecified atom stereocenters. The zero-order valence-electron chi connectivity index (χ0n) is 14.3. The summed E-state index contributed by atoms with van der Waals surface area (Å²) < 4.78 is 10.8. The molecule has 2 fully saturated rings. The Morgan fingerprint density at radius 1 is 1.35 bits per heavy atom. The largest absolute Gasteiger partial charge is 0.381 e. The summed E-state index contributed by atoms with van der Waals surface area (Å²) in [6, 6.07) is 4.36. The Morgan fingerprint density at radius 3 is 2.65 bits per heavy atom. The SMILES string of the molecule is C=CC=C.COC1CN(Cc2nc(C)ccc2C2CCOC2)C1. The average molecular weight is 316 g/mol. The third-order valence-electron chi connectivity index (χ3n) is 4.32. The van der Waals surface area contributed by atoms with Gasteiger partial charge in [-0.15, -0.1) is 0 Å². The van der Waals surface area contributed by atoms with Gasteiger partial charge in [0.2, 0.25) is 0 Å². The first kappa shape index (κ1) is 17.9. The predicted octanol–water partition coefficient (Wildman–Crippen LogP) is 3.08. The second-order valence-corrected chi connectivity index (χ2v) is 6.07. The van der Waals surface area contributed by atoms with E-state index in [1.54, 1.807) is 19.3 Å². The summed E-state index contributed by atoms with van der Waals surface area (Å²) >= 11 is 0. The highest BCUT2D eigenvalue weighted by Gasteiger charge is 2.28. The highest BCUT2D eigenvalue weighted by molar-refractivity contribution is 5.27. The Kier molecular flexibility index (Phi) is 6.96. The van der Waals surface area contributed by atoms with E-state index in [0.29, 0.717) is 12.0 Å². The van der Waals surface area contributed by atoms with Crippen LogP contribution in [0.25, 0.3) is 0 Å². The molecule has 1 aromatic rings. The van der Waals surface area contributed by atoms with Crippen LogP contribution in [0.3, 0.4) is 0 Å². The van der Waals surface area contributed by atoms with Gasteiger partial charge in [0.05, 0.1) is 18.4 Å². The van der Waals surface area contributed by atoms with Crippen molar-refractivity contribution in [3.63, 3.8) is 0 Å². The van der Waals surface area contributed by atoms with Gasteiger partial charge in [0, 0.05) is 45.0 Å². The number of rotatable bonds is 5. The van der Waals surface area contributed by atoms with E-state index < -0.39 is 0 Å². The van der Waals surface area contributed by atoms with Crippen LogP contribution in [0.4, 0.5) is 0 Å². The third kappa shape index (κ3) is 4.99. The zero-order chi connectivity index (χ0) is 16.7. The molecule has 0 aliphatic carbocycles. The molecule has 4 nitrogen and oxygen atoms in total. The zero-order valence-corrected chi connectivity index (χ0v) is 14.3. The molecule has 1 aromatic heterocycles. The number of likely N-dealkylation sites (tertiary alicyclic amines) is 1. The van der Waals surface area contributed by atoms with E-state index in [0.717, 1.165) is 45.0 Å². The van der Waals surface area contributed by atoms with Gasteiger partial charge in [0.25, 0.3) is 0 Å². The van der Waals surface area contributed by atoms with Gasteiger partial charge in [-0.25, -0.2) is 0 Å². The summed E-state index contributed by atoms with van der Waals surface area (Å²) in [5.74, 6) is 0.530. The molecule has 0 radical (unpaired) electrons. The standard InChI is InChI=1S/C15H22N2O2.C4H6/c1-11-3-4-14(12-5-6-19-10-12)15(16-11)9-17-7-13(8-17)18-2;1-3-4-2/h3-4,12-13H,5-10H2,1-2H3;3-4H,1-2H2. The number of methoxy groups -OCH3 is 1. The Bertz CT molecular complexity index is 512. The van der Waals surface area contributed by atoms with Gasteiger partial charge in [0.1, 0.15) is 0 Å². The van der Waals surface area contributed by atoms with Gasteiger partial charge in [-0.3, -0.25) is 9.88 Å². The van der Waals surface area contributed by atoms with Crippen molar-refractivity contribution in [2.45, 2.75) is 31.9 Å². The van der Waals surface area contributed by atoms with Crippen molar-refractivity contribution < 1.29 is 9.47 Å². The molecule has 126 valence electrons. The molecule has 0 amide bonds. The molecule has 3 rings (SSSR count). The molecule has 2 aliphatic heterocycles. The maximum absolute atomic E-state index is 5.52. The minimum absolute atomic E-state index is 0.406. The number of nitrogens with zero attached hydrogens (tertiary/aromatic N) is 2. The number of hydrogen-bond donors (Lipinski definition) is 0. The Hall–Kier alpha value is -1.49. The average Bonchev–Trinajstić information content (AvgIpc) is 3.05. The van der Waals surface area contributed by atoms with Gasteiger partial charge in [-0.1, -0.05) is 31.4 Å². The molecule has 2 aliphatic rings. The van der Waals surface area contributed by atoms with Crippen LogP contribution < -0.4 is 0 Å². The molecule has 0 N–H and O–H groups in total. The van der Waals surface area contributed by atoms with Crippen molar-refractivity contribution in [3.8, 4) is 0 Å². The quantitative estimate of drug-likeness (QED) is 0.782. The summed E-state index contributed by atoms with van der Waals surface area (Å²) in [5, 5.41) is 0. The summed E-state index contributed by atoms with van der Waals surface area (Å²) in [4.78, 5) is 7.15. The minimum Gasteiger partial charge on any atom is -0.381 e. The Morgan fingerprint density at radius 2 is 2.09 bits per heavy atom. The van der Waals surface area contributed by atoms with Crippen molar-refractivity contribution >= 4 is 0 Å². The van der Waals surface area contributed by atoms with E-state index in [-0.39, 0.29) is 0 Å². The molecule has 0 saturated carbocycles. The van der Waals surface area contributed by atoms with Crippen LogP contribution >= 0.6 is 0 Å². The van der Waals surface area contributed by atoms with Gasteiger partial charge < -0.3 is 9.47 Å². The van der Waals surface area contributed by atoms with Crippen molar-refractivity contribution in [1.29, 1.82) is 0 Å². The fourth-order valence-corrected chi connectivity index (χ4v) is 2.91. The molecule has 2 saturated heterocycles. The Balaban J connectivity index is 0.000000433. The molecule has 3 heterocycles. The van der Waals surface area contributed by atoms with Crippen LogP contribution in [0.5, 0.6) is 0 Å². The van der Waals surface area contributed by atoms with E-state index in [4.69, 9.17) is 14.5 Å². The number of ether oxygens (including phenoxy) is 2. The first-order chi connectivity index (χ1) is 11.2. The highest BCUT2D eigenvalue weighted by Crippen LogP contribution is 2.29. The van der Waals surface area contributed by atoms with E-state index >= 15 is 0 Å².